The molecule has 2 aromatic heterocycles. The fourth-order valence-corrected chi connectivity index (χ4v) is 4.24. The number of aryl methyl sites for hydroxylation is 1. The maximum atomic E-state index is 13.1. The van der Waals surface area contributed by atoms with Crippen LogP contribution in [0.2, 0.25) is 0 Å². The summed E-state index contributed by atoms with van der Waals surface area (Å²) in [6.45, 7) is 8.30. The summed E-state index contributed by atoms with van der Waals surface area (Å²) >= 11 is 1.66. The van der Waals surface area contributed by atoms with Gasteiger partial charge in [-0.05, 0) is 49.6 Å². The van der Waals surface area contributed by atoms with E-state index in [-0.39, 0.29) is 5.91 Å². The SMILES string of the molecule is C/C(=N\NC(=O)c1cc(-c2ccc(C(C)C)cc2)nc2ccccc12)c1ccc(C)s1. The van der Waals surface area contributed by atoms with Crippen molar-refractivity contribution in [1.29, 1.82) is 0 Å². The van der Waals surface area contributed by atoms with Crippen LogP contribution < -0.4 is 5.43 Å². The van der Waals surface area contributed by atoms with Crippen LogP contribution in [-0.4, -0.2) is 16.6 Å². The third-order valence-corrected chi connectivity index (χ3v) is 6.37. The Morgan fingerprint density at radius 1 is 1.03 bits per heavy atom. The first-order chi connectivity index (χ1) is 14.9. The number of nitrogens with zero attached hydrogens (tertiary/aromatic N) is 2. The van der Waals surface area contributed by atoms with Crippen molar-refractivity contribution in [3.05, 3.63) is 87.6 Å². The van der Waals surface area contributed by atoms with Crippen molar-refractivity contribution in [3.8, 4) is 11.3 Å². The molecule has 4 rings (SSSR count). The lowest BCUT2D eigenvalue weighted by atomic mass is 9.99. The predicted molar refractivity (Wildman–Crippen MR) is 130 cm³/mol. The highest BCUT2D eigenvalue weighted by atomic mass is 32.1. The van der Waals surface area contributed by atoms with Gasteiger partial charge >= 0.3 is 0 Å². The zero-order valence-corrected chi connectivity index (χ0v) is 19.0. The van der Waals surface area contributed by atoms with Gasteiger partial charge in [0.05, 0.1) is 27.4 Å². The normalized spacial score (nSPS) is 11.8. The molecule has 0 spiro atoms. The molecular formula is C26H25N3OS. The molecule has 2 heterocycles. The number of nitrogens with one attached hydrogen (secondary N) is 1. The van der Waals surface area contributed by atoms with E-state index >= 15 is 0 Å². The zero-order valence-electron chi connectivity index (χ0n) is 18.1. The summed E-state index contributed by atoms with van der Waals surface area (Å²) in [5, 5.41) is 5.14. The van der Waals surface area contributed by atoms with E-state index in [2.05, 4.69) is 55.6 Å². The predicted octanol–water partition coefficient (Wildman–Crippen LogP) is 6.55. The number of aromatic nitrogens is 1. The fourth-order valence-electron chi connectivity index (χ4n) is 3.43. The first-order valence-electron chi connectivity index (χ1n) is 10.3. The number of hydrogen-bond acceptors (Lipinski definition) is 4. The number of thiophene rings is 1. The molecule has 31 heavy (non-hydrogen) atoms. The second kappa shape index (κ2) is 8.82. The molecule has 0 radical (unpaired) electrons. The van der Waals surface area contributed by atoms with Gasteiger partial charge in [0, 0.05) is 15.8 Å². The summed E-state index contributed by atoms with van der Waals surface area (Å²) in [4.78, 5) is 20.1. The van der Waals surface area contributed by atoms with Crippen molar-refractivity contribution in [2.24, 2.45) is 5.10 Å². The molecule has 0 unspecified atom stereocenters. The second-order valence-corrected chi connectivity index (χ2v) is 9.19. The van der Waals surface area contributed by atoms with Crippen LogP contribution in [0.1, 0.15) is 52.4 Å². The maximum absolute atomic E-state index is 13.1. The van der Waals surface area contributed by atoms with Gasteiger partial charge < -0.3 is 0 Å². The van der Waals surface area contributed by atoms with E-state index in [1.165, 1.54) is 10.4 Å². The number of amides is 1. The standard InChI is InChI=1S/C26H25N3OS/c1-16(2)19-10-12-20(13-11-19)24-15-22(21-7-5-6-8-23(21)27-24)26(30)29-28-18(4)25-14-9-17(3)31-25/h5-16H,1-4H3,(H,29,30)/b28-18+. The Hall–Kier alpha value is -3.31. The van der Waals surface area contributed by atoms with Crippen LogP contribution in [0.4, 0.5) is 0 Å². The Balaban J connectivity index is 1.70. The van der Waals surface area contributed by atoms with Crippen LogP contribution in [0.15, 0.2) is 71.8 Å². The first kappa shape index (κ1) is 20.9. The lowest BCUT2D eigenvalue weighted by Gasteiger charge is -2.10. The van der Waals surface area contributed by atoms with Gasteiger partial charge in [0.1, 0.15) is 0 Å². The molecule has 4 aromatic rings. The summed E-state index contributed by atoms with van der Waals surface area (Å²) in [5.41, 5.74) is 7.89. The summed E-state index contributed by atoms with van der Waals surface area (Å²) in [6, 6.07) is 22.0. The Labute approximate surface area is 186 Å². The van der Waals surface area contributed by atoms with Crippen molar-refractivity contribution in [1.82, 2.24) is 10.4 Å². The number of rotatable bonds is 5. The second-order valence-electron chi connectivity index (χ2n) is 7.90. The number of fused-ring (bicyclic) bond motifs is 1. The number of pyridine rings is 1. The monoisotopic (exact) mass is 427 g/mol. The van der Waals surface area contributed by atoms with Crippen LogP contribution in [0, 0.1) is 6.92 Å². The van der Waals surface area contributed by atoms with Crippen molar-refractivity contribution >= 4 is 33.9 Å². The van der Waals surface area contributed by atoms with Crippen LogP contribution in [-0.2, 0) is 0 Å². The van der Waals surface area contributed by atoms with Gasteiger partial charge in [0.2, 0.25) is 0 Å². The zero-order chi connectivity index (χ0) is 22.0. The Bertz CT molecular complexity index is 1270. The molecule has 0 fully saturated rings. The Morgan fingerprint density at radius 3 is 2.45 bits per heavy atom. The average molecular weight is 428 g/mol. The molecule has 0 aliphatic heterocycles. The van der Waals surface area contributed by atoms with Crippen molar-refractivity contribution in [2.75, 3.05) is 0 Å². The summed E-state index contributed by atoms with van der Waals surface area (Å²) < 4.78 is 0. The third kappa shape index (κ3) is 4.57. The number of para-hydroxylation sites is 1. The number of benzene rings is 2. The van der Waals surface area contributed by atoms with Crippen molar-refractivity contribution in [2.45, 2.75) is 33.6 Å². The molecule has 4 nitrogen and oxygen atoms in total. The minimum absolute atomic E-state index is 0.244. The quantitative estimate of drug-likeness (QED) is 0.290. The van der Waals surface area contributed by atoms with E-state index < -0.39 is 0 Å². The van der Waals surface area contributed by atoms with Gasteiger partial charge in [-0.25, -0.2) is 10.4 Å². The summed E-state index contributed by atoms with van der Waals surface area (Å²) in [7, 11) is 0. The number of hydrazone groups is 1. The van der Waals surface area contributed by atoms with Gasteiger partial charge in [-0.3, -0.25) is 4.79 Å². The van der Waals surface area contributed by atoms with Gasteiger partial charge in [-0.15, -0.1) is 11.3 Å². The number of carbonyl (C=O) groups excluding carboxylic acids is 1. The molecule has 0 aliphatic carbocycles. The molecule has 0 saturated carbocycles. The van der Waals surface area contributed by atoms with Gasteiger partial charge in [0.15, 0.2) is 0 Å². The molecule has 1 N–H and O–H groups in total. The van der Waals surface area contributed by atoms with E-state index in [4.69, 9.17) is 4.98 Å². The highest BCUT2D eigenvalue weighted by Gasteiger charge is 2.14. The van der Waals surface area contributed by atoms with Crippen LogP contribution in [0.5, 0.6) is 0 Å². The third-order valence-electron chi connectivity index (χ3n) is 5.26. The van der Waals surface area contributed by atoms with Crippen molar-refractivity contribution < 1.29 is 4.79 Å². The van der Waals surface area contributed by atoms with Crippen molar-refractivity contribution in [3.63, 3.8) is 0 Å². The van der Waals surface area contributed by atoms with E-state index in [0.717, 1.165) is 32.7 Å². The van der Waals surface area contributed by atoms with Gasteiger partial charge in [-0.1, -0.05) is 56.3 Å². The molecule has 156 valence electrons. The molecule has 2 aromatic carbocycles. The molecular weight excluding hydrogens is 402 g/mol. The first-order valence-corrected chi connectivity index (χ1v) is 11.2. The molecule has 0 bridgehead atoms. The fraction of sp³-hybridized carbons (Fsp3) is 0.192. The number of carbonyl (C=O) groups is 1. The van der Waals surface area contributed by atoms with Crippen LogP contribution in [0.3, 0.4) is 0 Å². The topological polar surface area (TPSA) is 54.4 Å². The van der Waals surface area contributed by atoms with Crippen LogP contribution >= 0.6 is 11.3 Å². The maximum Gasteiger partial charge on any atom is 0.272 e. The summed E-state index contributed by atoms with van der Waals surface area (Å²) in [6.07, 6.45) is 0. The van der Waals surface area contributed by atoms with E-state index in [1.807, 2.05) is 49.4 Å². The molecule has 5 heteroatoms. The van der Waals surface area contributed by atoms with E-state index in [9.17, 15) is 4.79 Å². The Kier molecular flexibility index (Phi) is 5.96. The highest BCUT2D eigenvalue weighted by Crippen LogP contribution is 2.26. The molecule has 1 amide bonds. The van der Waals surface area contributed by atoms with E-state index in [0.29, 0.717) is 11.5 Å². The lowest BCUT2D eigenvalue weighted by Crippen LogP contribution is -2.19. The molecule has 0 saturated heterocycles. The molecule has 0 aliphatic rings. The Morgan fingerprint density at radius 2 is 1.77 bits per heavy atom. The minimum Gasteiger partial charge on any atom is -0.267 e. The minimum atomic E-state index is -0.244. The largest absolute Gasteiger partial charge is 0.272 e. The highest BCUT2D eigenvalue weighted by molar-refractivity contribution is 7.14. The summed E-state index contributed by atoms with van der Waals surface area (Å²) in [5.74, 6) is 0.222. The lowest BCUT2D eigenvalue weighted by molar-refractivity contribution is 0.0956. The average Bonchev–Trinajstić information content (AvgIpc) is 3.23. The van der Waals surface area contributed by atoms with Crippen LogP contribution in [0.25, 0.3) is 22.2 Å². The smallest absolute Gasteiger partial charge is 0.267 e. The van der Waals surface area contributed by atoms with Gasteiger partial charge in [0.25, 0.3) is 5.91 Å². The van der Waals surface area contributed by atoms with Gasteiger partial charge in [-0.2, -0.15) is 5.10 Å². The molecule has 0 atom stereocenters. The van der Waals surface area contributed by atoms with E-state index in [1.54, 1.807) is 11.3 Å². The number of hydrogen-bond donors (Lipinski definition) is 1.